The molecule has 0 aliphatic carbocycles. The van der Waals surface area contributed by atoms with Crippen LogP contribution in [0.4, 0.5) is 13.2 Å². The van der Waals surface area contributed by atoms with Crippen LogP contribution in [0.2, 0.25) is 0 Å². The molecule has 1 aromatic heterocycles. The Morgan fingerprint density at radius 1 is 1.37 bits per heavy atom. The van der Waals surface area contributed by atoms with Crippen molar-refractivity contribution in [3.63, 3.8) is 0 Å². The lowest BCUT2D eigenvalue weighted by Crippen LogP contribution is -2.07. The number of alkyl halides is 2. The Kier molecular flexibility index (Phi) is 3.05. The minimum Gasteiger partial charge on any atom is -0.476 e. The van der Waals surface area contributed by atoms with Crippen molar-refractivity contribution in [3.8, 4) is 11.3 Å². The molecule has 0 atom stereocenters. The molecule has 19 heavy (non-hydrogen) atoms. The molecule has 0 bridgehead atoms. The van der Waals surface area contributed by atoms with Gasteiger partial charge >= 0.3 is 5.97 Å². The normalized spacial score (nSPS) is 11.6. The van der Waals surface area contributed by atoms with E-state index in [9.17, 15) is 18.0 Å². The van der Waals surface area contributed by atoms with Crippen LogP contribution in [0.15, 0.2) is 28.8 Å². The van der Waals surface area contributed by atoms with Gasteiger partial charge in [-0.25, -0.2) is 18.0 Å². The maximum atomic E-state index is 13.6. The van der Waals surface area contributed by atoms with Gasteiger partial charge in [-0.15, -0.1) is 0 Å². The summed E-state index contributed by atoms with van der Waals surface area (Å²) < 4.78 is 44.5. The number of nitrogens with zero attached hydrogens (tertiary/aromatic N) is 1. The number of benzene rings is 1. The van der Waals surface area contributed by atoms with E-state index in [2.05, 4.69) is 9.68 Å². The Hall–Kier alpha value is -2.31. The minimum absolute atomic E-state index is 0.221. The summed E-state index contributed by atoms with van der Waals surface area (Å²) in [5.41, 5.74) is -1.10. The van der Waals surface area contributed by atoms with E-state index in [4.69, 9.17) is 5.11 Å². The van der Waals surface area contributed by atoms with Crippen molar-refractivity contribution in [2.45, 2.75) is 12.8 Å². The second-order valence-corrected chi connectivity index (χ2v) is 3.96. The second-order valence-electron chi connectivity index (χ2n) is 3.96. The molecule has 1 N–H and O–H groups in total. The maximum absolute atomic E-state index is 13.6. The summed E-state index contributed by atoms with van der Waals surface area (Å²) in [6.07, 6.45) is 0. The molecule has 0 aliphatic rings. The van der Waals surface area contributed by atoms with Crippen LogP contribution in [0.25, 0.3) is 11.3 Å². The fourth-order valence-electron chi connectivity index (χ4n) is 1.49. The fraction of sp³-hybridized carbons (Fsp3) is 0.167. The monoisotopic (exact) mass is 271 g/mol. The van der Waals surface area contributed by atoms with Crippen molar-refractivity contribution in [2.75, 3.05) is 0 Å². The molecule has 0 unspecified atom stereocenters. The van der Waals surface area contributed by atoms with Crippen molar-refractivity contribution in [1.82, 2.24) is 5.16 Å². The number of rotatable bonds is 3. The van der Waals surface area contributed by atoms with E-state index >= 15 is 0 Å². The van der Waals surface area contributed by atoms with Gasteiger partial charge in [-0.2, -0.15) is 0 Å². The van der Waals surface area contributed by atoms with Gasteiger partial charge in [0, 0.05) is 18.6 Å². The zero-order valence-electron chi connectivity index (χ0n) is 9.65. The highest BCUT2D eigenvalue weighted by molar-refractivity contribution is 5.86. The maximum Gasteiger partial charge on any atom is 0.358 e. The van der Waals surface area contributed by atoms with Crippen LogP contribution >= 0.6 is 0 Å². The van der Waals surface area contributed by atoms with Crippen LogP contribution in [0.3, 0.4) is 0 Å². The highest BCUT2D eigenvalue weighted by Crippen LogP contribution is 2.32. The predicted molar refractivity (Wildman–Crippen MR) is 58.4 cm³/mol. The third kappa shape index (κ3) is 2.59. The van der Waals surface area contributed by atoms with Gasteiger partial charge in [-0.1, -0.05) is 11.2 Å². The minimum atomic E-state index is -3.14. The number of hydrogen-bond acceptors (Lipinski definition) is 3. The summed E-state index contributed by atoms with van der Waals surface area (Å²) in [5, 5.41) is 11.9. The third-order valence-electron chi connectivity index (χ3n) is 2.47. The highest BCUT2D eigenvalue weighted by atomic mass is 19.3. The van der Waals surface area contributed by atoms with Crippen LogP contribution in [0.5, 0.6) is 0 Å². The van der Waals surface area contributed by atoms with Crippen molar-refractivity contribution in [1.29, 1.82) is 0 Å². The predicted octanol–water partition coefficient (Wildman–Crippen LogP) is 3.29. The number of hydrogen-bond donors (Lipinski definition) is 1. The van der Waals surface area contributed by atoms with E-state index in [1.807, 2.05) is 0 Å². The van der Waals surface area contributed by atoms with E-state index in [-0.39, 0.29) is 11.3 Å². The van der Waals surface area contributed by atoms with Gasteiger partial charge in [0.2, 0.25) is 0 Å². The van der Waals surface area contributed by atoms with Gasteiger partial charge in [0.15, 0.2) is 11.5 Å². The number of carbonyl (C=O) groups is 1. The summed E-state index contributed by atoms with van der Waals surface area (Å²) in [7, 11) is 0. The fourth-order valence-corrected chi connectivity index (χ4v) is 1.49. The molecule has 2 rings (SSSR count). The van der Waals surface area contributed by atoms with Crippen molar-refractivity contribution < 1.29 is 27.6 Å². The molecule has 7 heteroatoms. The van der Waals surface area contributed by atoms with Gasteiger partial charge < -0.3 is 9.63 Å². The quantitative estimate of drug-likeness (QED) is 0.930. The van der Waals surface area contributed by atoms with Crippen LogP contribution in [-0.2, 0) is 5.92 Å². The SMILES string of the molecule is CC(F)(F)c1ccc(F)c(-c2cc(C(=O)O)no2)c1. The lowest BCUT2D eigenvalue weighted by Gasteiger charge is -2.11. The molecule has 0 spiro atoms. The first-order valence-corrected chi connectivity index (χ1v) is 5.17. The lowest BCUT2D eigenvalue weighted by atomic mass is 10.0. The van der Waals surface area contributed by atoms with Crippen molar-refractivity contribution in [2.24, 2.45) is 0 Å². The number of aromatic carboxylic acids is 1. The average molecular weight is 271 g/mol. The van der Waals surface area contributed by atoms with E-state index < -0.39 is 29.0 Å². The zero-order valence-corrected chi connectivity index (χ0v) is 9.65. The van der Waals surface area contributed by atoms with Gasteiger partial charge in [-0.05, 0) is 12.1 Å². The van der Waals surface area contributed by atoms with Gasteiger partial charge in [-0.3, -0.25) is 0 Å². The van der Waals surface area contributed by atoms with E-state index in [1.165, 1.54) is 0 Å². The molecule has 100 valence electrons. The van der Waals surface area contributed by atoms with Crippen LogP contribution in [-0.4, -0.2) is 16.2 Å². The Bertz CT molecular complexity index is 631. The Morgan fingerprint density at radius 2 is 2.05 bits per heavy atom. The number of halogens is 3. The van der Waals surface area contributed by atoms with Crippen LogP contribution in [0.1, 0.15) is 23.0 Å². The number of aromatic nitrogens is 1. The van der Waals surface area contributed by atoms with Crippen LogP contribution in [0, 0.1) is 5.82 Å². The standard InChI is InChI=1S/C12H8F3NO3/c1-12(14,15)6-2-3-8(13)7(4-6)10-5-9(11(17)18)16-19-10/h2-5H,1H3,(H,17,18). The summed E-state index contributed by atoms with van der Waals surface area (Å²) in [4.78, 5) is 10.6. The third-order valence-corrected chi connectivity index (χ3v) is 2.47. The van der Waals surface area contributed by atoms with E-state index in [0.717, 1.165) is 24.3 Å². The summed E-state index contributed by atoms with van der Waals surface area (Å²) in [6, 6.07) is 3.69. The summed E-state index contributed by atoms with van der Waals surface area (Å²) >= 11 is 0. The first kappa shape index (κ1) is 13.1. The molecule has 0 aliphatic heterocycles. The molecule has 1 heterocycles. The van der Waals surface area contributed by atoms with E-state index in [0.29, 0.717) is 6.92 Å². The van der Waals surface area contributed by atoms with Crippen molar-refractivity contribution in [3.05, 3.63) is 41.3 Å². The lowest BCUT2D eigenvalue weighted by molar-refractivity contribution is 0.0174. The molecule has 4 nitrogen and oxygen atoms in total. The van der Waals surface area contributed by atoms with Crippen LogP contribution < -0.4 is 0 Å². The molecule has 0 fully saturated rings. The van der Waals surface area contributed by atoms with Gasteiger partial charge in [0.25, 0.3) is 5.92 Å². The number of carboxylic acids is 1. The Balaban J connectivity index is 2.51. The number of carboxylic acid groups (broad SMARTS) is 1. The van der Waals surface area contributed by atoms with Gasteiger partial charge in [0.1, 0.15) is 5.82 Å². The molecule has 2 aromatic rings. The Morgan fingerprint density at radius 3 is 2.58 bits per heavy atom. The molecule has 0 radical (unpaired) electrons. The Labute approximate surface area is 105 Å². The molecular weight excluding hydrogens is 263 g/mol. The first-order chi connectivity index (χ1) is 8.79. The first-order valence-electron chi connectivity index (χ1n) is 5.17. The summed E-state index contributed by atoms with van der Waals surface area (Å²) in [5.74, 6) is -5.52. The molecule has 0 saturated carbocycles. The van der Waals surface area contributed by atoms with E-state index in [1.54, 1.807) is 0 Å². The topological polar surface area (TPSA) is 63.3 Å². The summed E-state index contributed by atoms with van der Waals surface area (Å²) in [6.45, 7) is 0.674. The highest BCUT2D eigenvalue weighted by Gasteiger charge is 2.26. The largest absolute Gasteiger partial charge is 0.476 e. The zero-order chi connectivity index (χ0) is 14.2. The molecular formula is C12H8F3NO3. The average Bonchev–Trinajstić information content (AvgIpc) is 2.77. The molecule has 0 saturated heterocycles. The molecule has 0 amide bonds. The molecule has 1 aromatic carbocycles. The van der Waals surface area contributed by atoms with Crippen molar-refractivity contribution >= 4 is 5.97 Å². The second kappa shape index (κ2) is 4.42. The van der Waals surface area contributed by atoms with Gasteiger partial charge in [0.05, 0.1) is 5.56 Å². The smallest absolute Gasteiger partial charge is 0.358 e.